The highest BCUT2D eigenvalue weighted by molar-refractivity contribution is 5.85. The zero-order chi connectivity index (χ0) is 13.7. The zero-order valence-corrected chi connectivity index (χ0v) is 11.9. The Kier molecular flexibility index (Phi) is 5.22. The fourth-order valence-corrected chi connectivity index (χ4v) is 3.66. The Labute approximate surface area is 116 Å². The number of ether oxygens (including phenoxy) is 1. The minimum absolute atomic E-state index is 0.205. The van der Waals surface area contributed by atoms with Crippen LogP contribution in [0.1, 0.15) is 57.8 Å². The van der Waals surface area contributed by atoms with Crippen LogP contribution in [0.25, 0.3) is 0 Å². The van der Waals surface area contributed by atoms with E-state index in [1.54, 1.807) is 0 Å². The number of carbonyl (C=O) groups excluding carboxylic acids is 1. The van der Waals surface area contributed by atoms with E-state index in [9.17, 15) is 4.79 Å². The highest BCUT2D eigenvalue weighted by Gasteiger charge is 2.43. The van der Waals surface area contributed by atoms with Crippen LogP contribution in [0, 0.1) is 11.8 Å². The first kappa shape index (κ1) is 14.8. The van der Waals surface area contributed by atoms with Gasteiger partial charge in [-0.15, -0.1) is 0 Å². The lowest BCUT2D eigenvalue weighted by molar-refractivity contribution is -0.124. The van der Waals surface area contributed by atoms with Gasteiger partial charge in [-0.05, 0) is 43.9 Å². The number of primary amides is 1. The average Bonchev–Trinajstić information content (AvgIpc) is 2.79. The summed E-state index contributed by atoms with van der Waals surface area (Å²) in [5.74, 6) is 0.606. The van der Waals surface area contributed by atoms with Gasteiger partial charge in [-0.3, -0.25) is 4.79 Å². The SMILES string of the molecule is NC(=O)C1(N)CCCC1CCOCC1CCCCC1. The van der Waals surface area contributed by atoms with Gasteiger partial charge in [-0.25, -0.2) is 0 Å². The van der Waals surface area contributed by atoms with E-state index in [1.165, 1.54) is 32.1 Å². The summed E-state index contributed by atoms with van der Waals surface area (Å²) < 4.78 is 5.80. The van der Waals surface area contributed by atoms with Crippen LogP contribution in [0.2, 0.25) is 0 Å². The van der Waals surface area contributed by atoms with Crippen LogP contribution in [0.3, 0.4) is 0 Å². The van der Waals surface area contributed by atoms with Crippen molar-refractivity contribution < 1.29 is 9.53 Å². The molecule has 2 aliphatic carbocycles. The number of hydrogen-bond donors (Lipinski definition) is 2. The van der Waals surface area contributed by atoms with Gasteiger partial charge in [0.15, 0.2) is 0 Å². The van der Waals surface area contributed by atoms with Gasteiger partial charge < -0.3 is 16.2 Å². The van der Waals surface area contributed by atoms with Crippen molar-refractivity contribution in [2.24, 2.45) is 23.3 Å². The van der Waals surface area contributed by atoms with Crippen LogP contribution in [0.5, 0.6) is 0 Å². The summed E-state index contributed by atoms with van der Waals surface area (Å²) in [5, 5.41) is 0. The summed E-state index contributed by atoms with van der Waals surface area (Å²) in [4.78, 5) is 11.5. The zero-order valence-electron chi connectivity index (χ0n) is 11.9. The molecule has 19 heavy (non-hydrogen) atoms. The minimum Gasteiger partial charge on any atom is -0.381 e. The first-order valence-electron chi connectivity index (χ1n) is 7.79. The van der Waals surface area contributed by atoms with E-state index in [-0.39, 0.29) is 11.8 Å². The molecule has 4 N–H and O–H groups in total. The predicted octanol–water partition coefficient (Wildman–Crippen LogP) is 1.96. The third-order valence-electron chi connectivity index (χ3n) is 5.02. The number of amides is 1. The fraction of sp³-hybridized carbons (Fsp3) is 0.933. The topological polar surface area (TPSA) is 78.3 Å². The van der Waals surface area contributed by atoms with Gasteiger partial charge in [0.1, 0.15) is 0 Å². The van der Waals surface area contributed by atoms with E-state index >= 15 is 0 Å². The summed E-state index contributed by atoms with van der Waals surface area (Å²) in [6.45, 7) is 1.59. The summed E-state index contributed by atoms with van der Waals surface area (Å²) in [7, 11) is 0. The van der Waals surface area contributed by atoms with Crippen LogP contribution in [-0.2, 0) is 9.53 Å². The van der Waals surface area contributed by atoms with Crippen molar-refractivity contribution in [1.82, 2.24) is 0 Å². The first-order chi connectivity index (χ1) is 9.13. The number of hydrogen-bond acceptors (Lipinski definition) is 3. The maximum Gasteiger partial charge on any atom is 0.237 e. The van der Waals surface area contributed by atoms with Gasteiger partial charge in [-0.2, -0.15) is 0 Å². The molecule has 0 saturated heterocycles. The quantitative estimate of drug-likeness (QED) is 0.723. The predicted molar refractivity (Wildman–Crippen MR) is 75.5 cm³/mol. The van der Waals surface area contributed by atoms with Gasteiger partial charge in [0, 0.05) is 13.2 Å². The Hall–Kier alpha value is -0.610. The highest BCUT2D eigenvalue weighted by atomic mass is 16.5. The molecule has 0 aliphatic heterocycles. The van der Waals surface area contributed by atoms with E-state index in [2.05, 4.69) is 0 Å². The molecule has 0 aromatic carbocycles. The lowest BCUT2D eigenvalue weighted by Crippen LogP contribution is -2.54. The largest absolute Gasteiger partial charge is 0.381 e. The monoisotopic (exact) mass is 268 g/mol. The first-order valence-corrected chi connectivity index (χ1v) is 7.79. The van der Waals surface area contributed by atoms with Crippen LogP contribution >= 0.6 is 0 Å². The van der Waals surface area contributed by atoms with E-state index in [4.69, 9.17) is 16.2 Å². The van der Waals surface area contributed by atoms with Crippen molar-refractivity contribution in [1.29, 1.82) is 0 Å². The van der Waals surface area contributed by atoms with Crippen LogP contribution in [0.4, 0.5) is 0 Å². The summed E-state index contributed by atoms with van der Waals surface area (Å²) >= 11 is 0. The fourth-order valence-electron chi connectivity index (χ4n) is 3.66. The minimum atomic E-state index is -0.784. The summed E-state index contributed by atoms with van der Waals surface area (Å²) in [5.41, 5.74) is 10.8. The number of carbonyl (C=O) groups is 1. The van der Waals surface area contributed by atoms with E-state index in [1.807, 2.05) is 0 Å². The molecule has 2 aliphatic rings. The van der Waals surface area contributed by atoms with Gasteiger partial charge in [0.25, 0.3) is 0 Å². The second kappa shape index (κ2) is 6.71. The molecule has 0 aromatic heterocycles. The second-order valence-electron chi connectivity index (χ2n) is 6.36. The van der Waals surface area contributed by atoms with Gasteiger partial charge in [-0.1, -0.05) is 25.7 Å². The molecule has 2 atom stereocenters. The Balaban J connectivity index is 1.66. The molecule has 0 aromatic rings. The van der Waals surface area contributed by atoms with Crippen molar-refractivity contribution in [2.75, 3.05) is 13.2 Å². The number of nitrogens with two attached hydrogens (primary N) is 2. The molecule has 0 radical (unpaired) electrons. The third-order valence-corrected chi connectivity index (χ3v) is 5.02. The lowest BCUT2D eigenvalue weighted by atomic mass is 9.85. The maximum atomic E-state index is 11.5. The van der Waals surface area contributed by atoms with E-state index in [0.717, 1.165) is 38.2 Å². The molecule has 110 valence electrons. The maximum absolute atomic E-state index is 11.5. The summed E-state index contributed by atoms with van der Waals surface area (Å²) in [6, 6.07) is 0. The molecule has 4 heteroatoms. The van der Waals surface area contributed by atoms with E-state index in [0.29, 0.717) is 6.61 Å². The molecule has 2 fully saturated rings. The molecular weight excluding hydrogens is 240 g/mol. The Bertz CT molecular complexity index is 303. The van der Waals surface area contributed by atoms with Crippen LogP contribution < -0.4 is 11.5 Å². The molecule has 4 nitrogen and oxygen atoms in total. The smallest absolute Gasteiger partial charge is 0.237 e. The molecule has 2 saturated carbocycles. The molecule has 1 amide bonds. The van der Waals surface area contributed by atoms with Gasteiger partial charge >= 0.3 is 0 Å². The average molecular weight is 268 g/mol. The van der Waals surface area contributed by atoms with Crippen molar-refractivity contribution in [2.45, 2.75) is 63.3 Å². The number of rotatable bonds is 6. The molecular formula is C15H28N2O2. The molecule has 0 heterocycles. The standard InChI is InChI=1S/C15H28N2O2/c16-14(18)15(17)9-4-7-13(15)8-10-19-11-12-5-2-1-3-6-12/h12-13H,1-11,17H2,(H2,16,18). The Morgan fingerprint density at radius 3 is 2.58 bits per heavy atom. The summed E-state index contributed by atoms with van der Waals surface area (Å²) in [6.07, 6.45) is 10.3. The second-order valence-corrected chi connectivity index (χ2v) is 6.36. The van der Waals surface area contributed by atoms with Crippen molar-refractivity contribution in [3.05, 3.63) is 0 Å². The van der Waals surface area contributed by atoms with Gasteiger partial charge in [0.05, 0.1) is 5.54 Å². The normalized spacial score (nSPS) is 32.6. The molecule has 0 bridgehead atoms. The lowest BCUT2D eigenvalue weighted by Gasteiger charge is -2.28. The van der Waals surface area contributed by atoms with E-state index < -0.39 is 5.54 Å². The molecule has 2 rings (SSSR count). The van der Waals surface area contributed by atoms with Crippen LogP contribution in [-0.4, -0.2) is 24.7 Å². The Morgan fingerprint density at radius 2 is 1.89 bits per heavy atom. The highest BCUT2D eigenvalue weighted by Crippen LogP contribution is 2.36. The Morgan fingerprint density at radius 1 is 1.16 bits per heavy atom. The van der Waals surface area contributed by atoms with Crippen molar-refractivity contribution in [3.63, 3.8) is 0 Å². The van der Waals surface area contributed by atoms with Crippen molar-refractivity contribution in [3.8, 4) is 0 Å². The third kappa shape index (κ3) is 3.69. The van der Waals surface area contributed by atoms with Crippen LogP contribution in [0.15, 0.2) is 0 Å². The van der Waals surface area contributed by atoms with Crippen molar-refractivity contribution >= 4 is 5.91 Å². The molecule has 2 unspecified atom stereocenters. The van der Waals surface area contributed by atoms with Gasteiger partial charge in [0.2, 0.25) is 5.91 Å². The molecule has 0 spiro atoms.